The van der Waals surface area contributed by atoms with Crippen molar-refractivity contribution in [3.8, 4) is 17.5 Å². The van der Waals surface area contributed by atoms with Crippen molar-refractivity contribution in [2.45, 2.75) is 62.2 Å². The van der Waals surface area contributed by atoms with Crippen LogP contribution in [0.4, 0.5) is 17.6 Å². The molecule has 0 bridgehead atoms. The number of pyridine rings is 1. The molecule has 4 rings (SSSR count). The summed E-state index contributed by atoms with van der Waals surface area (Å²) in [6, 6.07) is 6.65. The highest BCUT2D eigenvalue weighted by molar-refractivity contribution is 7.89. The van der Waals surface area contributed by atoms with E-state index in [0.29, 0.717) is 23.5 Å². The fraction of sp³-hybridized carbons (Fsp3) is 0.391. The maximum Gasteiger partial charge on any atom is 0.404 e. The zero-order chi connectivity index (χ0) is 24.7. The molecule has 0 saturated heterocycles. The van der Waals surface area contributed by atoms with Crippen molar-refractivity contribution in [3.63, 3.8) is 0 Å². The zero-order valence-corrected chi connectivity index (χ0v) is 19.0. The maximum absolute atomic E-state index is 14.0. The molecule has 1 aromatic carbocycles. The predicted molar refractivity (Wildman–Crippen MR) is 118 cm³/mol. The SMILES string of the molecule is C[C@H](NS(=O)(=O)c1ccc(-c2c(C#N)c3cc(F)ccc3n2C2CCCCC2)nc1)C(F)(F)F. The van der Waals surface area contributed by atoms with Gasteiger partial charge in [0.25, 0.3) is 0 Å². The van der Waals surface area contributed by atoms with Crippen LogP contribution in [0.5, 0.6) is 0 Å². The van der Waals surface area contributed by atoms with Crippen molar-refractivity contribution in [1.82, 2.24) is 14.3 Å². The molecule has 0 unspecified atom stereocenters. The fourth-order valence-electron chi connectivity index (χ4n) is 4.42. The quantitative estimate of drug-likeness (QED) is 0.478. The molecule has 1 fully saturated rings. The number of aromatic nitrogens is 2. The molecule has 0 aliphatic heterocycles. The average Bonchev–Trinajstić information content (AvgIpc) is 3.12. The first-order chi connectivity index (χ1) is 16.0. The predicted octanol–water partition coefficient (Wildman–Crippen LogP) is 5.45. The Balaban J connectivity index is 1.82. The number of nitrogens with zero attached hydrogens (tertiary/aromatic N) is 3. The molecule has 1 aliphatic rings. The van der Waals surface area contributed by atoms with Crippen molar-refractivity contribution < 1.29 is 26.0 Å². The van der Waals surface area contributed by atoms with Crippen LogP contribution in [0.3, 0.4) is 0 Å². The van der Waals surface area contributed by atoms with Gasteiger partial charge in [-0.3, -0.25) is 4.98 Å². The second kappa shape index (κ2) is 9.00. The van der Waals surface area contributed by atoms with Gasteiger partial charge in [0.2, 0.25) is 10.0 Å². The highest BCUT2D eigenvalue weighted by atomic mass is 32.2. The summed E-state index contributed by atoms with van der Waals surface area (Å²) >= 11 is 0. The molecular weight excluding hydrogens is 472 g/mol. The molecule has 3 aromatic rings. The summed E-state index contributed by atoms with van der Waals surface area (Å²) in [5.74, 6) is -0.490. The number of nitriles is 1. The molecule has 1 saturated carbocycles. The van der Waals surface area contributed by atoms with E-state index in [1.807, 2.05) is 4.57 Å². The Bertz CT molecular complexity index is 1350. The molecule has 180 valence electrons. The summed E-state index contributed by atoms with van der Waals surface area (Å²) in [6.07, 6.45) is 1.05. The minimum atomic E-state index is -4.74. The lowest BCUT2D eigenvalue weighted by Gasteiger charge is -2.26. The minimum absolute atomic E-state index is 0.0540. The second-order valence-electron chi connectivity index (χ2n) is 8.42. The zero-order valence-electron chi connectivity index (χ0n) is 18.2. The highest BCUT2D eigenvalue weighted by Crippen LogP contribution is 2.40. The second-order valence-corrected chi connectivity index (χ2v) is 10.1. The van der Waals surface area contributed by atoms with Gasteiger partial charge in [0, 0.05) is 17.6 Å². The number of fused-ring (bicyclic) bond motifs is 1. The van der Waals surface area contributed by atoms with Gasteiger partial charge in [0.1, 0.15) is 22.8 Å². The Morgan fingerprint density at radius 2 is 1.88 bits per heavy atom. The smallest absolute Gasteiger partial charge is 0.335 e. The van der Waals surface area contributed by atoms with Crippen molar-refractivity contribution >= 4 is 20.9 Å². The number of hydrogen-bond donors (Lipinski definition) is 1. The van der Waals surface area contributed by atoms with Gasteiger partial charge in [-0.15, -0.1) is 0 Å². The Labute approximate surface area is 194 Å². The number of sulfonamides is 1. The molecule has 34 heavy (non-hydrogen) atoms. The van der Waals surface area contributed by atoms with Crippen molar-refractivity contribution in [2.24, 2.45) is 0 Å². The summed E-state index contributed by atoms with van der Waals surface area (Å²) in [5.41, 5.74) is 1.61. The molecule has 1 aliphatic carbocycles. The first kappa shape index (κ1) is 24.2. The average molecular weight is 495 g/mol. The lowest BCUT2D eigenvalue weighted by molar-refractivity contribution is -0.147. The van der Waals surface area contributed by atoms with E-state index in [0.717, 1.165) is 44.4 Å². The van der Waals surface area contributed by atoms with E-state index in [1.54, 1.807) is 10.8 Å². The van der Waals surface area contributed by atoms with Crippen LogP contribution in [-0.2, 0) is 10.0 Å². The van der Waals surface area contributed by atoms with Crippen LogP contribution in [0.2, 0.25) is 0 Å². The van der Waals surface area contributed by atoms with E-state index in [9.17, 15) is 31.2 Å². The minimum Gasteiger partial charge on any atom is -0.335 e. The molecule has 0 amide bonds. The van der Waals surface area contributed by atoms with Gasteiger partial charge in [0.15, 0.2) is 0 Å². The van der Waals surface area contributed by atoms with Crippen molar-refractivity contribution in [1.29, 1.82) is 5.26 Å². The third kappa shape index (κ3) is 4.52. The normalized spacial score (nSPS) is 16.5. The van der Waals surface area contributed by atoms with Gasteiger partial charge in [-0.25, -0.2) is 12.8 Å². The Morgan fingerprint density at radius 1 is 1.18 bits per heavy atom. The Kier molecular flexibility index (Phi) is 6.40. The van der Waals surface area contributed by atoms with Gasteiger partial charge in [-0.1, -0.05) is 19.3 Å². The van der Waals surface area contributed by atoms with Gasteiger partial charge < -0.3 is 4.57 Å². The maximum atomic E-state index is 14.0. The summed E-state index contributed by atoms with van der Waals surface area (Å²) in [5, 5.41) is 10.3. The Hall–Kier alpha value is -2.97. The molecule has 1 atom stereocenters. The van der Waals surface area contributed by atoms with Crippen LogP contribution in [-0.4, -0.2) is 30.2 Å². The lowest BCUT2D eigenvalue weighted by atomic mass is 9.95. The molecule has 6 nitrogen and oxygen atoms in total. The van der Waals surface area contributed by atoms with Crippen molar-refractivity contribution in [2.75, 3.05) is 0 Å². The first-order valence-corrected chi connectivity index (χ1v) is 12.3. The largest absolute Gasteiger partial charge is 0.404 e. The number of nitrogens with one attached hydrogen (secondary N) is 1. The molecule has 11 heteroatoms. The summed E-state index contributed by atoms with van der Waals surface area (Å²) < 4.78 is 80.8. The number of hydrogen-bond acceptors (Lipinski definition) is 4. The van der Waals surface area contributed by atoms with E-state index < -0.39 is 33.0 Å². The lowest BCUT2D eigenvalue weighted by Crippen LogP contribution is -2.42. The summed E-state index contributed by atoms with van der Waals surface area (Å²) in [4.78, 5) is 3.77. The van der Waals surface area contributed by atoms with Crippen LogP contribution < -0.4 is 4.72 Å². The summed E-state index contributed by atoms with van der Waals surface area (Å²) in [7, 11) is -4.47. The van der Waals surface area contributed by atoms with Gasteiger partial charge in [-0.2, -0.15) is 23.2 Å². The van der Waals surface area contributed by atoms with E-state index in [-0.39, 0.29) is 17.3 Å². The third-order valence-corrected chi connectivity index (χ3v) is 7.65. The van der Waals surface area contributed by atoms with E-state index in [2.05, 4.69) is 11.1 Å². The standard InChI is InChI=1S/C23H22F4N4O2S/c1-14(23(25,26)27)30-34(32,33)17-8-9-20(29-13-17)22-19(12-28)18-11-15(24)7-10-21(18)31(22)16-5-3-2-4-6-16/h7-11,13-14,16,30H,2-6H2,1H3/t14-/m0/s1. The van der Waals surface area contributed by atoms with Gasteiger partial charge >= 0.3 is 6.18 Å². The van der Waals surface area contributed by atoms with Crippen LogP contribution in [0.15, 0.2) is 41.4 Å². The fourth-order valence-corrected chi connectivity index (χ4v) is 5.59. The molecule has 1 N–H and O–H groups in total. The molecule has 2 heterocycles. The third-order valence-electron chi connectivity index (χ3n) is 6.13. The number of alkyl halides is 3. The topological polar surface area (TPSA) is 87.8 Å². The van der Waals surface area contributed by atoms with E-state index in [4.69, 9.17) is 0 Å². The van der Waals surface area contributed by atoms with Crippen LogP contribution in [0.25, 0.3) is 22.3 Å². The highest BCUT2D eigenvalue weighted by Gasteiger charge is 2.39. The number of benzene rings is 1. The molecule has 0 spiro atoms. The van der Waals surface area contributed by atoms with Gasteiger partial charge in [-0.05, 0) is 50.1 Å². The van der Waals surface area contributed by atoms with Crippen LogP contribution in [0, 0.1) is 17.1 Å². The van der Waals surface area contributed by atoms with E-state index >= 15 is 0 Å². The first-order valence-electron chi connectivity index (χ1n) is 10.8. The van der Waals surface area contributed by atoms with Gasteiger partial charge in [0.05, 0.1) is 22.5 Å². The molecule has 2 aromatic heterocycles. The summed E-state index contributed by atoms with van der Waals surface area (Å²) in [6.45, 7) is 0.709. The van der Waals surface area contributed by atoms with Crippen molar-refractivity contribution in [3.05, 3.63) is 47.9 Å². The number of halogens is 4. The van der Waals surface area contributed by atoms with Crippen LogP contribution in [0.1, 0.15) is 50.6 Å². The van der Waals surface area contributed by atoms with Crippen LogP contribution >= 0.6 is 0 Å². The molecular formula is C23H22F4N4O2S. The Morgan fingerprint density at radius 3 is 2.47 bits per heavy atom. The number of rotatable bonds is 5. The van der Waals surface area contributed by atoms with E-state index in [1.165, 1.54) is 18.2 Å². The molecule has 0 radical (unpaired) electrons. The monoisotopic (exact) mass is 494 g/mol.